The summed E-state index contributed by atoms with van der Waals surface area (Å²) in [6.07, 6.45) is 1.73. The maximum Gasteiger partial charge on any atom is 0.266 e. The lowest BCUT2D eigenvalue weighted by molar-refractivity contribution is -0.122. The number of amidine groups is 1. The molecule has 7 heteroatoms. The number of amides is 1. The van der Waals surface area contributed by atoms with E-state index in [1.54, 1.807) is 23.1 Å². The first kappa shape index (κ1) is 20.6. The van der Waals surface area contributed by atoms with Gasteiger partial charge in [-0.2, -0.15) is 0 Å². The minimum absolute atomic E-state index is 0.127. The number of carbonyl (C=O) groups is 1. The summed E-state index contributed by atoms with van der Waals surface area (Å²) in [6.45, 7) is 4.41. The number of likely N-dealkylation sites (N-methyl/N-ethyl adjacent to an activating group) is 1. The second kappa shape index (κ2) is 8.62. The number of nitrogens with zero attached hydrogens (tertiary/aromatic N) is 2. The minimum Gasteiger partial charge on any atom is -0.457 e. The maximum atomic E-state index is 13.1. The number of hydrogen-bond donors (Lipinski definition) is 0. The van der Waals surface area contributed by atoms with Crippen molar-refractivity contribution in [1.82, 2.24) is 4.90 Å². The van der Waals surface area contributed by atoms with Gasteiger partial charge in [-0.3, -0.25) is 9.69 Å². The van der Waals surface area contributed by atoms with E-state index >= 15 is 0 Å². The molecule has 1 aliphatic heterocycles. The predicted molar refractivity (Wildman–Crippen MR) is 123 cm³/mol. The summed E-state index contributed by atoms with van der Waals surface area (Å²) in [6, 6.07) is 15.6. The Bertz CT molecular complexity index is 1170. The molecule has 1 fully saturated rings. The number of aliphatic imine (C=N–C) groups is 1. The van der Waals surface area contributed by atoms with E-state index in [0.29, 0.717) is 28.1 Å². The van der Waals surface area contributed by atoms with Crippen LogP contribution in [0.15, 0.2) is 73.4 Å². The molecule has 0 aliphatic carbocycles. The third-order valence-electron chi connectivity index (χ3n) is 4.55. The summed E-state index contributed by atoms with van der Waals surface area (Å²) >= 11 is 4.85. The first-order valence-corrected chi connectivity index (χ1v) is 11.0. The van der Waals surface area contributed by atoms with Crippen LogP contribution >= 0.6 is 27.7 Å². The summed E-state index contributed by atoms with van der Waals surface area (Å²) in [7, 11) is 0. The van der Waals surface area contributed by atoms with Crippen molar-refractivity contribution in [2.24, 2.45) is 4.99 Å². The quantitative estimate of drug-likeness (QED) is 0.383. The van der Waals surface area contributed by atoms with Gasteiger partial charge >= 0.3 is 0 Å². The molecule has 1 saturated heterocycles. The highest BCUT2D eigenvalue weighted by atomic mass is 79.9. The van der Waals surface area contributed by atoms with Gasteiger partial charge in [0.1, 0.15) is 17.3 Å². The van der Waals surface area contributed by atoms with Gasteiger partial charge < -0.3 is 4.42 Å². The van der Waals surface area contributed by atoms with Crippen molar-refractivity contribution < 1.29 is 13.6 Å². The van der Waals surface area contributed by atoms with E-state index in [-0.39, 0.29) is 11.7 Å². The van der Waals surface area contributed by atoms with Gasteiger partial charge in [0.15, 0.2) is 5.17 Å². The van der Waals surface area contributed by atoms with E-state index < -0.39 is 0 Å². The molecule has 1 aliphatic rings. The van der Waals surface area contributed by atoms with Crippen molar-refractivity contribution in [3.63, 3.8) is 0 Å². The topological polar surface area (TPSA) is 45.8 Å². The Kier molecular flexibility index (Phi) is 5.92. The first-order valence-electron chi connectivity index (χ1n) is 9.36. The van der Waals surface area contributed by atoms with E-state index in [1.807, 2.05) is 44.2 Å². The fourth-order valence-corrected chi connectivity index (χ4v) is 4.75. The second-order valence-corrected chi connectivity index (χ2v) is 8.58. The molecule has 0 saturated carbocycles. The smallest absolute Gasteiger partial charge is 0.266 e. The van der Waals surface area contributed by atoms with Gasteiger partial charge in [-0.05, 0) is 79.7 Å². The first-order chi connectivity index (χ1) is 14.4. The van der Waals surface area contributed by atoms with Crippen LogP contribution in [0.4, 0.5) is 10.1 Å². The molecule has 2 aromatic carbocycles. The molecule has 0 radical (unpaired) electrons. The van der Waals surface area contributed by atoms with E-state index in [9.17, 15) is 9.18 Å². The Labute approximate surface area is 186 Å². The zero-order valence-corrected chi connectivity index (χ0v) is 18.8. The van der Waals surface area contributed by atoms with Crippen molar-refractivity contribution in [3.05, 3.63) is 81.1 Å². The van der Waals surface area contributed by atoms with Gasteiger partial charge in [0.2, 0.25) is 0 Å². The largest absolute Gasteiger partial charge is 0.457 e. The van der Waals surface area contributed by atoms with Crippen molar-refractivity contribution in [2.75, 3.05) is 6.54 Å². The molecular weight excluding hydrogens is 467 g/mol. The van der Waals surface area contributed by atoms with Gasteiger partial charge in [-0.1, -0.05) is 22.0 Å². The molecule has 4 nitrogen and oxygen atoms in total. The highest BCUT2D eigenvalue weighted by Gasteiger charge is 2.32. The van der Waals surface area contributed by atoms with Crippen molar-refractivity contribution in [3.8, 4) is 11.3 Å². The lowest BCUT2D eigenvalue weighted by Crippen LogP contribution is -2.28. The van der Waals surface area contributed by atoms with Crippen LogP contribution in [0.25, 0.3) is 17.4 Å². The van der Waals surface area contributed by atoms with E-state index in [1.165, 1.54) is 23.9 Å². The Hall–Kier alpha value is -2.64. The molecule has 0 spiro atoms. The van der Waals surface area contributed by atoms with Crippen molar-refractivity contribution in [1.29, 1.82) is 0 Å². The van der Waals surface area contributed by atoms with Crippen LogP contribution in [0, 0.1) is 12.7 Å². The average Bonchev–Trinajstić information content (AvgIpc) is 3.28. The second-order valence-electron chi connectivity index (χ2n) is 6.72. The fourth-order valence-electron chi connectivity index (χ4n) is 3.02. The summed E-state index contributed by atoms with van der Waals surface area (Å²) < 4.78 is 20.1. The van der Waals surface area contributed by atoms with Gasteiger partial charge in [0.25, 0.3) is 5.91 Å². The third kappa shape index (κ3) is 4.27. The Balaban J connectivity index is 1.62. The zero-order chi connectivity index (χ0) is 21.3. The fraction of sp³-hybridized carbons (Fsp3) is 0.130. The standard InChI is InChI=1S/C23H18BrFN2O2S/c1-3-27-22(28)21(30-23(27)26-16-7-5-15(25)6-8-16)13-17-9-11-20(29-17)18-10-4-14(2)12-19(18)24/h4-13H,3H2,1-2H3/b21-13-,26-23?. The van der Waals surface area contributed by atoms with E-state index in [2.05, 4.69) is 20.9 Å². The number of aryl methyl sites for hydroxylation is 1. The summed E-state index contributed by atoms with van der Waals surface area (Å²) in [4.78, 5) is 19.4. The molecule has 0 N–H and O–H groups in total. The number of hydrogen-bond acceptors (Lipinski definition) is 4. The van der Waals surface area contributed by atoms with Crippen LogP contribution in [0.5, 0.6) is 0 Å². The summed E-state index contributed by atoms with van der Waals surface area (Å²) in [5.74, 6) is 0.859. The molecule has 0 atom stereocenters. The van der Waals surface area contributed by atoms with Crippen LogP contribution in [-0.2, 0) is 4.79 Å². The monoisotopic (exact) mass is 484 g/mol. The van der Waals surface area contributed by atoms with Crippen molar-refractivity contribution in [2.45, 2.75) is 13.8 Å². The SMILES string of the molecule is CCN1C(=O)/C(=C/c2ccc(-c3ccc(C)cc3Br)o2)SC1=Nc1ccc(F)cc1. The lowest BCUT2D eigenvalue weighted by atomic mass is 10.1. The Morgan fingerprint density at radius 1 is 1.17 bits per heavy atom. The van der Waals surface area contributed by atoms with E-state index in [0.717, 1.165) is 21.4 Å². The number of thioether (sulfide) groups is 1. The molecule has 0 unspecified atom stereocenters. The summed E-state index contributed by atoms with van der Waals surface area (Å²) in [5.41, 5.74) is 2.69. The highest BCUT2D eigenvalue weighted by Crippen LogP contribution is 2.36. The molecule has 0 bridgehead atoms. The third-order valence-corrected chi connectivity index (χ3v) is 6.21. The molecule has 1 aromatic heterocycles. The molecule has 3 aromatic rings. The number of carbonyl (C=O) groups excluding carboxylic acids is 1. The van der Waals surface area contributed by atoms with Gasteiger partial charge in [-0.25, -0.2) is 9.38 Å². The maximum absolute atomic E-state index is 13.1. The minimum atomic E-state index is -0.323. The van der Waals surface area contributed by atoms with Gasteiger partial charge in [0.05, 0.1) is 10.6 Å². The molecule has 152 valence electrons. The summed E-state index contributed by atoms with van der Waals surface area (Å²) in [5, 5.41) is 0.563. The number of benzene rings is 2. The van der Waals surface area contributed by atoms with Crippen LogP contribution in [0.3, 0.4) is 0 Å². The Morgan fingerprint density at radius 3 is 2.63 bits per heavy atom. The molecular formula is C23H18BrFN2O2S. The van der Waals surface area contributed by atoms with Crippen molar-refractivity contribution >= 4 is 50.5 Å². The molecule has 1 amide bonds. The molecule has 2 heterocycles. The number of furan rings is 1. The van der Waals surface area contributed by atoms with E-state index in [4.69, 9.17) is 4.42 Å². The Morgan fingerprint density at radius 2 is 1.93 bits per heavy atom. The predicted octanol–water partition coefficient (Wildman–Crippen LogP) is 6.78. The van der Waals surface area contributed by atoms with Crippen LogP contribution < -0.4 is 0 Å². The van der Waals surface area contributed by atoms with Crippen LogP contribution in [0.2, 0.25) is 0 Å². The molecule has 4 rings (SSSR count). The normalized spacial score (nSPS) is 16.8. The number of halogens is 2. The van der Waals surface area contributed by atoms with Gasteiger partial charge in [0, 0.05) is 22.7 Å². The average molecular weight is 485 g/mol. The molecule has 30 heavy (non-hydrogen) atoms. The zero-order valence-electron chi connectivity index (χ0n) is 16.4. The lowest BCUT2D eigenvalue weighted by Gasteiger charge is -2.11. The number of rotatable bonds is 4. The van der Waals surface area contributed by atoms with Crippen LogP contribution in [-0.4, -0.2) is 22.5 Å². The van der Waals surface area contributed by atoms with Gasteiger partial charge in [-0.15, -0.1) is 0 Å². The highest BCUT2D eigenvalue weighted by molar-refractivity contribution is 9.10. The van der Waals surface area contributed by atoms with Crippen LogP contribution in [0.1, 0.15) is 18.2 Å².